The van der Waals surface area contributed by atoms with Crippen molar-refractivity contribution in [2.24, 2.45) is 0 Å². The number of anilines is 1. The number of carbonyl (C=O) groups excluding carboxylic acids is 1. The van der Waals surface area contributed by atoms with Gasteiger partial charge in [-0.1, -0.05) is 17.3 Å². The van der Waals surface area contributed by atoms with Crippen molar-refractivity contribution < 1.29 is 4.79 Å². The van der Waals surface area contributed by atoms with E-state index in [0.717, 1.165) is 4.68 Å². The van der Waals surface area contributed by atoms with Gasteiger partial charge in [-0.15, -0.1) is 5.10 Å². The Bertz CT molecular complexity index is 845. The Balaban J connectivity index is 1.83. The summed E-state index contributed by atoms with van der Waals surface area (Å²) in [6.45, 7) is -0.203. The predicted molar refractivity (Wildman–Crippen MR) is 76.7 cm³/mol. The summed E-state index contributed by atoms with van der Waals surface area (Å²) in [6, 6.07) is 10.3. The van der Waals surface area contributed by atoms with Gasteiger partial charge >= 0.3 is 0 Å². The molecule has 0 spiro atoms. The van der Waals surface area contributed by atoms with Gasteiger partial charge in [-0.2, -0.15) is 0 Å². The lowest BCUT2D eigenvalue weighted by atomic mass is 10.2. The van der Waals surface area contributed by atoms with Gasteiger partial charge in [0, 0.05) is 6.20 Å². The number of nitrogens with zero attached hydrogens (tertiary/aromatic N) is 4. The number of aromatic nitrogens is 4. The van der Waals surface area contributed by atoms with Gasteiger partial charge in [0.05, 0.1) is 17.3 Å². The average molecular weight is 281 g/mol. The third-order valence-electron chi connectivity index (χ3n) is 2.87. The van der Waals surface area contributed by atoms with E-state index in [2.05, 4.69) is 20.6 Å². The largest absolute Gasteiger partial charge is 0.323 e. The van der Waals surface area contributed by atoms with Crippen LogP contribution >= 0.6 is 0 Å². The van der Waals surface area contributed by atoms with E-state index in [1.54, 1.807) is 42.6 Å². The highest BCUT2D eigenvalue weighted by atomic mass is 16.2. The van der Waals surface area contributed by atoms with E-state index in [9.17, 15) is 9.59 Å². The Morgan fingerprint density at radius 3 is 2.86 bits per heavy atom. The maximum absolute atomic E-state index is 12.2. The van der Waals surface area contributed by atoms with Crippen molar-refractivity contribution in [3.63, 3.8) is 0 Å². The first kappa shape index (κ1) is 12.9. The fourth-order valence-electron chi connectivity index (χ4n) is 1.90. The minimum atomic E-state index is -0.366. The highest BCUT2D eigenvalue weighted by Gasteiger charge is 2.09. The van der Waals surface area contributed by atoms with Crippen LogP contribution in [0.5, 0.6) is 0 Å². The number of carbonyl (C=O) groups is 1. The highest BCUT2D eigenvalue weighted by Crippen LogP contribution is 2.04. The number of amides is 1. The quantitative estimate of drug-likeness (QED) is 0.767. The zero-order valence-corrected chi connectivity index (χ0v) is 10.9. The highest BCUT2D eigenvalue weighted by molar-refractivity contribution is 5.90. The number of rotatable bonds is 3. The summed E-state index contributed by atoms with van der Waals surface area (Å²) in [5.41, 5.74) is 0.720. The van der Waals surface area contributed by atoms with Gasteiger partial charge in [0.25, 0.3) is 5.56 Å². The summed E-state index contributed by atoms with van der Waals surface area (Å²) in [5.74, 6) is -0.366. The SMILES string of the molecule is O=C(Cn1nnc2ccccc2c1=O)Nc1cccnc1. The zero-order valence-electron chi connectivity index (χ0n) is 10.9. The molecule has 21 heavy (non-hydrogen) atoms. The fraction of sp³-hybridized carbons (Fsp3) is 0.0714. The van der Waals surface area contributed by atoms with Crippen LogP contribution in [0, 0.1) is 0 Å². The molecule has 0 aliphatic rings. The maximum atomic E-state index is 12.2. The fourth-order valence-corrected chi connectivity index (χ4v) is 1.90. The number of benzene rings is 1. The van der Waals surface area contributed by atoms with Crippen molar-refractivity contribution in [1.29, 1.82) is 0 Å². The second kappa shape index (κ2) is 5.49. The topological polar surface area (TPSA) is 89.8 Å². The molecule has 0 radical (unpaired) electrons. The van der Waals surface area contributed by atoms with Crippen LogP contribution in [0.1, 0.15) is 0 Å². The van der Waals surface area contributed by atoms with Gasteiger partial charge in [0.1, 0.15) is 12.1 Å². The number of pyridine rings is 1. The van der Waals surface area contributed by atoms with Gasteiger partial charge < -0.3 is 5.32 Å². The van der Waals surface area contributed by atoms with Crippen molar-refractivity contribution in [3.8, 4) is 0 Å². The molecule has 1 amide bonds. The Kier molecular flexibility index (Phi) is 3.38. The van der Waals surface area contributed by atoms with Gasteiger partial charge in [-0.25, -0.2) is 4.68 Å². The first-order valence-electron chi connectivity index (χ1n) is 6.26. The number of hydrogen-bond acceptors (Lipinski definition) is 5. The van der Waals surface area contributed by atoms with Crippen LogP contribution in [0.15, 0.2) is 53.6 Å². The molecular weight excluding hydrogens is 270 g/mol. The summed E-state index contributed by atoms with van der Waals surface area (Å²) in [5, 5.41) is 10.8. The Hall–Kier alpha value is -3.09. The van der Waals surface area contributed by atoms with Crippen molar-refractivity contribution in [2.45, 2.75) is 6.54 Å². The molecule has 0 saturated carbocycles. The van der Waals surface area contributed by atoms with E-state index in [0.29, 0.717) is 16.6 Å². The third kappa shape index (κ3) is 2.76. The van der Waals surface area contributed by atoms with Crippen LogP contribution in [0.4, 0.5) is 5.69 Å². The van der Waals surface area contributed by atoms with E-state index in [4.69, 9.17) is 0 Å². The lowest BCUT2D eigenvalue weighted by Crippen LogP contribution is -2.30. The number of hydrogen-bond donors (Lipinski definition) is 1. The molecular formula is C14H11N5O2. The molecule has 3 aromatic rings. The molecule has 7 nitrogen and oxygen atoms in total. The van der Waals surface area contributed by atoms with E-state index in [1.807, 2.05) is 0 Å². The van der Waals surface area contributed by atoms with Crippen LogP contribution in [0.3, 0.4) is 0 Å². The molecule has 2 aromatic heterocycles. The van der Waals surface area contributed by atoms with Crippen molar-refractivity contribution in [1.82, 2.24) is 20.0 Å². The summed E-state index contributed by atoms with van der Waals surface area (Å²) in [6.07, 6.45) is 3.13. The average Bonchev–Trinajstić information content (AvgIpc) is 2.51. The number of nitrogens with one attached hydrogen (secondary N) is 1. The van der Waals surface area contributed by atoms with Crippen molar-refractivity contribution in [3.05, 3.63) is 59.1 Å². The van der Waals surface area contributed by atoms with Gasteiger partial charge in [0.15, 0.2) is 0 Å². The van der Waals surface area contributed by atoms with Crippen LogP contribution in [0.25, 0.3) is 10.9 Å². The molecule has 0 fully saturated rings. The predicted octanol–water partition coefficient (Wildman–Crippen LogP) is 0.825. The van der Waals surface area contributed by atoms with Crippen molar-refractivity contribution >= 4 is 22.5 Å². The molecule has 7 heteroatoms. The zero-order chi connectivity index (χ0) is 14.7. The summed E-state index contributed by atoms with van der Waals surface area (Å²) >= 11 is 0. The normalized spacial score (nSPS) is 10.5. The second-order valence-electron chi connectivity index (χ2n) is 4.36. The van der Waals surface area contributed by atoms with Crippen LogP contribution in [-0.4, -0.2) is 25.9 Å². The standard InChI is InChI=1S/C14H11N5O2/c20-13(16-10-4-3-7-15-8-10)9-19-14(21)11-5-1-2-6-12(11)17-18-19/h1-8H,9H2,(H,16,20). The Labute approximate surface area is 119 Å². The Morgan fingerprint density at radius 1 is 1.19 bits per heavy atom. The molecule has 1 aromatic carbocycles. The molecule has 3 rings (SSSR count). The van der Waals surface area contributed by atoms with E-state index in [-0.39, 0.29) is 18.0 Å². The lowest BCUT2D eigenvalue weighted by molar-refractivity contribution is -0.117. The van der Waals surface area contributed by atoms with Crippen LogP contribution in [0.2, 0.25) is 0 Å². The first-order chi connectivity index (χ1) is 10.2. The monoisotopic (exact) mass is 281 g/mol. The van der Waals surface area contributed by atoms with Gasteiger partial charge in [-0.3, -0.25) is 14.6 Å². The molecule has 1 N–H and O–H groups in total. The second-order valence-corrected chi connectivity index (χ2v) is 4.36. The molecule has 2 heterocycles. The molecule has 0 bridgehead atoms. The molecule has 0 aliphatic heterocycles. The van der Waals surface area contributed by atoms with Crippen LogP contribution < -0.4 is 10.9 Å². The smallest absolute Gasteiger partial charge is 0.278 e. The molecule has 0 aliphatic carbocycles. The summed E-state index contributed by atoms with van der Waals surface area (Å²) in [4.78, 5) is 28.0. The van der Waals surface area contributed by atoms with E-state index < -0.39 is 0 Å². The Morgan fingerprint density at radius 2 is 2.05 bits per heavy atom. The van der Waals surface area contributed by atoms with E-state index in [1.165, 1.54) is 6.20 Å². The summed E-state index contributed by atoms with van der Waals surface area (Å²) < 4.78 is 1.04. The molecule has 0 saturated heterocycles. The molecule has 0 atom stereocenters. The van der Waals surface area contributed by atoms with E-state index >= 15 is 0 Å². The third-order valence-corrected chi connectivity index (χ3v) is 2.87. The molecule has 0 unspecified atom stereocenters. The van der Waals surface area contributed by atoms with Gasteiger partial charge in [0.2, 0.25) is 5.91 Å². The minimum Gasteiger partial charge on any atom is -0.323 e. The minimum absolute atomic E-state index is 0.203. The van der Waals surface area contributed by atoms with Crippen molar-refractivity contribution in [2.75, 3.05) is 5.32 Å². The maximum Gasteiger partial charge on any atom is 0.278 e. The lowest BCUT2D eigenvalue weighted by Gasteiger charge is -2.06. The first-order valence-corrected chi connectivity index (χ1v) is 6.26. The number of fused-ring (bicyclic) bond motifs is 1. The van der Waals surface area contributed by atoms with Crippen LogP contribution in [-0.2, 0) is 11.3 Å². The molecule has 104 valence electrons. The summed E-state index contributed by atoms with van der Waals surface area (Å²) in [7, 11) is 0. The van der Waals surface area contributed by atoms with Gasteiger partial charge in [-0.05, 0) is 24.3 Å².